The number of rotatable bonds is 9. The summed E-state index contributed by atoms with van der Waals surface area (Å²) >= 11 is 0. The van der Waals surface area contributed by atoms with E-state index in [2.05, 4.69) is 0 Å². The summed E-state index contributed by atoms with van der Waals surface area (Å²) in [5, 5.41) is 0. The number of para-hydroxylation sites is 1. The lowest BCUT2D eigenvalue weighted by Gasteiger charge is -2.40. The summed E-state index contributed by atoms with van der Waals surface area (Å²) in [7, 11) is 1.18. The third-order valence-corrected chi connectivity index (χ3v) is 5.78. The number of fused-ring (bicyclic) bond motifs is 2. The molecule has 0 radical (unpaired) electrons. The predicted molar refractivity (Wildman–Crippen MR) is 126 cm³/mol. The molecule has 1 spiro atoms. The number of hydrogen-bond acceptors (Lipinski definition) is 12. The molecule has 198 valence electrons. The van der Waals surface area contributed by atoms with Crippen molar-refractivity contribution in [2.24, 2.45) is 5.73 Å². The number of nitrogens with two attached hydrogens (primary N) is 1. The molecule has 1 aromatic carbocycles. The molecule has 0 aliphatic carbocycles. The number of anilines is 1. The molecule has 0 bridgehead atoms. The second-order valence-corrected chi connectivity index (χ2v) is 7.80. The fourth-order valence-electron chi connectivity index (χ4n) is 4.40. The third-order valence-electron chi connectivity index (χ3n) is 5.78. The second-order valence-electron chi connectivity index (χ2n) is 7.80. The number of nitrogens with zero attached hydrogens (tertiary/aromatic N) is 1. The van der Waals surface area contributed by atoms with E-state index in [1.54, 1.807) is 39.0 Å². The van der Waals surface area contributed by atoms with Crippen LogP contribution < -0.4 is 10.6 Å². The highest BCUT2D eigenvalue weighted by Crippen LogP contribution is 2.54. The highest BCUT2D eigenvalue weighted by atomic mass is 16.6. The molecule has 12 heteroatoms. The van der Waals surface area contributed by atoms with Gasteiger partial charge in [0, 0.05) is 11.3 Å². The van der Waals surface area contributed by atoms with Gasteiger partial charge in [-0.1, -0.05) is 18.2 Å². The maximum atomic E-state index is 13.8. The van der Waals surface area contributed by atoms with Gasteiger partial charge in [-0.2, -0.15) is 0 Å². The van der Waals surface area contributed by atoms with Gasteiger partial charge in [0.15, 0.2) is 5.41 Å². The van der Waals surface area contributed by atoms with E-state index in [1.165, 1.54) is 18.1 Å². The molecule has 2 aliphatic heterocycles. The maximum Gasteiger partial charge on any atom is 0.339 e. The van der Waals surface area contributed by atoms with E-state index in [0.717, 1.165) is 0 Å². The van der Waals surface area contributed by atoms with Crippen LogP contribution in [-0.2, 0) is 53.1 Å². The Morgan fingerprint density at radius 2 is 1.51 bits per heavy atom. The van der Waals surface area contributed by atoms with E-state index < -0.39 is 59.4 Å². The molecule has 0 fully saturated rings. The monoisotopic (exact) mass is 516 g/mol. The predicted octanol–water partition coefficient (Wildman–Crippen LogP) is 0.978. The van der Waals surface area contributed by atoms with Crippen LogP contribution in [0.4, 0.5) is 5.69 Å². The Morgan fingerprint density at radius 1 is 0.919 bits per heavy atom. The van der Waals surface area contributed by atoms with Crippen molar-refractivity contribution in [1.29, 1.82) is 0 Å². The Labute approximate surface area is 212 Å². The van der Waals surface area contributed by atoms with E-state index in [0.29, 0.717) is 0 Å². The molecule has 0 aromatic heterocycles. The van der Waals surface area contributed by atoms with Crippen LogP contribution in [0.15, 0.2) is 47.0 Å². The van der Waals surface area contributed by atoms with Crippen molar-refractivity contribution >= 4 is 35.5 Å². The number of ether oxygens (including phenoxy) is 5. The zero-order valence-electron chi connectivity index (χ0n) is 21.0. The minimum absolute atomic E-state index is 0.0478. The van der Waals surface area contributed by atoms with Gasteiger partial charge in [0.2, 0.25) is 0 Å². The Morgan fingerprint density at radius 3 is 2.11 bits per heavy atom. The molecule has 0 amide bonds. The van der Waals surface area contributed by atoms with Crippen molar-refractivity contribution in [3.05, 3.63) is 52.6 Å². The summed E-state index contributed by atoms with van der Waals surface area (Å²) in [4.78, 5) is 66.4. The Bertz CT molecular complexity index is 1200. The Kier molecular flexibility index (Phi) is 8.21. The lowest BCUT2D eigenvalue weighted by Crippen LogP contribution is -2.51. The van der Waals surface area contributed by atoms with Crippen LogP contribution in [0.5, 0.6) is 0 Å². The normalized spacial score (nSPS) is 18.4. The second kappa shape index (κ2) is 11.1. The lowest BCUT2D eigenvalue weighted by molar-refractivity contribution is -0.148. The molecule has 2 heterocycles. The molecule has 2 aliphatic rings. The summed E-state index contributed by atoms with van der Waals surface area (Å²) in [6.45, 7) is 4.16. The maximum absolute atomic E-state index is 13.8. The largest absolute Gasteiger partial charge is 0.468 e. The summed E-state index contributed by atoms with van der Waals surface area (Å²) in [6, 6.07) is 6.22. The number of methoxy groups -OCH3 is 1. The van der Waals surface area contributed by atoms with Gasteiger partial charge >= 0.3 is 29.8 Å². The molecule has 0 unspecified atom stereocenters. The average molecular weight is 517 g/mol. The first-order chi connectivity index (χ1) is 17.7. The van der Waals surface area contributed by atoms with Crippen LogP contribution in [0.3, 0.4) is 0 Å². The summed E-state index contributed by atoms with van der Waals surface area (Å²) in [6.07, 6.45) is -0.584. The number of carbonyl (C=O) groups is 5. The number of carbonyl (C=O) groups excluding carboxylic acids is 5. The van der Waals surface area contributed by atoms with Crippen molar-refractivity contribution in [2.45, 2.75) is 32.6 Å². The first kappa shape index (κ1) is 27.2. The minimum atomic E-state index is -2.24. The highest BCUT2D eigenvalue weighted by Gasteiger charge is 2.64. The van der Waals surface area contributed by atoms with Gasteiger partial charge in [0.25, 0.3) is 0 Å². The van der Waals surface area contributed by atoms with Crippen LogP contribution in [0.25, 0.3) is 0 Å². The van der Waals surface area contributed by atoms with Crippen LogP contribution >= 0.6 is 0 Å². The van der Waals surface area contributed by atoms with Crippen LogP contribution in [0.2, 0.25) is 0 Å². The van der Waals surface area contributed by atoms with Crippen molar-refractivity contribution in [3.8, 4) is 0 Å². The fraction of sp³-hybridized carbons (Fsp3) is 0.400. The van der Waals surface area contributed by atoms with Crippen LogP contribution in [0.1, 0.15) is 32.8 Å². The lowest BCUT2D eigenvalue weighted by atomic mass is 9.66. The zero-order valence-corrected chi connectivity index (χ0v) is 21.0. The topological polar surface area (TPSA) is 161 Å². The van der Waals surface area contributed by atoms with Gasteiger partial charge in [0.05, 0.1) is 26.9 Å². The summed E-state index contributed by atoms with van der Waals surface area (Å²) in [5.41, 5.74) is 3.68. The first-order valence-electron chi connectivity index (χ1n) is 11.6. The van der Waals surface area contributed by atoms with E-state index in [9.17, 15) is 24.0 Å². The first-order valence-corrected chi connectivity index (χ1v) is 11.6. The van der Waals surface area contributed by atoms with Crippen molar-refractivity contribution < 1.29 is 47.7 Å². The number of benzene rings is 1. The van der Waals surface area contributed by atoms with Crippen molar-refractivity contribution in [1.82, 2.24) is 0 Å². The number of esters is 5. The number of hydrogen-bond donors (Lipinski definition) is 1. The molecule has 0 saturated carbocycles. The Hall–Kier alpha value is -4.35. The van der Waals surface area contributed by atoms with Crippen LogP contribution in [-0.4, -0.2) is 63.3 Å². The smallest absolute Gasteiger partial charge is 0.339 e. The SMILES string of the molecule is CCOC(=O)CC1=C(C(=O)OCC)[C@@]2(C(=O)O1)C(C(=O)OCC)=C(N)N(CC(=O)OC)c1ccccc12. The minimum Gasteiger partial charge on any atom is -0.468 e. The van der Waals surface area contributed by atoms with Gasteiger partial charge in [-0.3, -0.25) is 9.59 Å². The van der Waals surface area contributed by atoms with Gasteiger partial charge in [0.1, 0.15) is 35.7 Å². The molecule has 37 heavy (non-hydrogen) atoms. The highest BCUT2D eigenvalue weighted by molar-refractivity contribution is 6.16. The molecule has 2 N–H and O–H groups in total. The molecule has 1 atom stereocenters. The van der Waals surface area contributed by atoms with E-state index in [1.807, 2.05) is 0 Å². The molecule has 12 nitrogen and oxygen atoms in total. The average Bonchev–Trinajstić information content (AvgIpc) is 3.13. The Balaban J connectivity index is 2.43. The van der Waals surface area contributed by atoms with E-state index >= 15 is 0 Å². The number of cyclic esters (lactones) is 1. The van der Waals surface area contributed by atoms with Crippen molar-refractivity contribution in [2.75, 3.05) is 38.4 Å². The van der Waals surface area contributed by atoms with Gasteiger partial charge < -0.3 is 34.3 Å². The van der Waals surface area contributed by atoms with E-state index in [-0.39, 0.29) is 42.7 Å². The van der Waals surface area contributed by atoms with E-state index in [4.69, 9.17) is 29.4 Å². The standard InChI is InChI=1S/C25H28N2O10/c1-5-34-17(28)12-16-19(22(30)35-6-2)25(24(32)37-16)14-10-8-9-11-15(14)27(13-18(29)33-4)21(26)20(25)23(31)36-7-3/h8-11H,5-7,12-13,26H2,1-4H3/t25-/m1/s1. The molecular formula is C25H28N2O10. The fourth-order valence-corrected chi connectivity index (χ4v) is 4.40. The van der Waals surface area contributed by atoms with Crippen molar-refractivity contribution in [3.63, 3.8) is 0 Å². The molecule has 1 aromatic rings. The quantitative estimate of drug-likeness (QED) is 0.366. The van der Waals surface area contributed by atoms with Crippen LogP contribution in [0, 0.1) is 0 Å². The summed E-state index contributed by atoms with van der Waals surface area (Å²) < 4.78 is 25.7. The van der Waals surface area contributed by atoms with Gasteiger partial charge in [-0.15, -0.1) is 0 Å². The summed E-state index contributed by atoms with van der Waals surface area (Å²) in [5.74, 6) is -5.22. The van der Waals surface area contributed by atoms with Gasteiger partial charge in [-0.05, 0) is 26.8 Å². The molecule has 3 rings (SSSR count). The zero-order chi connectivity index (χ0) is 27.3. The molecular weight excluding hydrogens is 488 g/mol. The van der Waals surface area contributed by atoms with Gasteiger partial charge in [-0.25, -0.2) is 14.4 Å². The third kappa shape index (κ3) is 4.61. The molecule has 0 saturated heterocycles.